The molecule has 28 heavy (non-hydrogen) atoms. The van der Waals surface area contributed by atoms with E-state index in [9.17, 15) is 9.18 Å². The number of rotatable bonds is 4. The van der Waals surface area contributed by atoms with E-state index >= 15 is 0 Å². The summed E-state index contributed by atoms with van der Waals surface area (Å²) in [7, 11) is 1.51. The summed E-state index contributed by atoms with van der Waals surface area (Å²) in [6, 6.07) is 13.9. The largest absolute Gasteiger partial charge is 0.497 e. The molecular formula is C22H22FNO4. The van der Waals surface area contributed by atoms with Crippen molar-refractivity contribution in [3.63, 3.8) is 0 Å². The molecule has 2 aliphatic heterocycles. The van der Waals surface area contributed by atoms with Crippen LogP contribution in [0.2, 0.25) is 0 Å². The summed E-state index contributed by atoms with van der Waals surface area (Å²) in [4.78, 5) is 14.5. The molecule has 0 N–H and O–H groups in total. The standard InChI is InChI=1S/C22H22FNO4/c1-26-21-10-16(7-18(23)11-21)17-8-19-13-27-14-20(9-17)24(19)22(25)28-12-15-5-3-2-4-6-15/h2-8,10-11,19-20H,9,12-14H2,1H3. The number of carbonyl (C=O) groups is 1. The van der Waals surface area contributed by atoms with Gasteiger partial charge in [0.15, 0.2) is 0 Å². The van der Waals surface area contributed by atoms with Crippen LogP contribution in [-0.4, -0.2) is 43.4 Å². The van der Waals surface area contributed by atoms with Gasteiger partial charge in [-0.2, -0.15) is 0 Å². The third kappa shape index (κ3) is 3.87. The zero-order chi connectivity index (χ0) is 19.5. The van der Waals surface area contributed by atoms with E-state index in [1.54, 1.807) is 4.90 Å². The summed E-state index contributed by atoms with van der Waals surface area (Å²) in [5, 5.41) is 0. The molecule has 0 aliphatic carbocycles. The summed E-state index contributed by atoms with van der Waals surface area (Å²) < 4.78 is 30.2. The number of hydrogen-bond donors (Lipinski definition) is 0. The Balaban J connectivity index is 1.52. The lowest BCUT2D eigenvalue weighted by Crippen LogP contribution is -2.56. The summed E-state index contributed by atoms with van der Waals surface area (Å²) in [5.41, 5.74) is 2.70. The van der Waals surface area contributed by atoms with Crippen molar-refractivity contribution < 1.29 is 23.4 Å². The van der Waals surface area contributed by atoms with Crippen LogP contribution in [0.15, 0.2) is 54.6 Å². The van der Waals surface area contributed by atoms with Crippen molar-refractivity contribution in [2.24, 2.45) is 0 Å². The summed E-state index contributed by atoms with van der Waals surface area (Å²) in [6.45, 7) is 1.06. The Morgan fingerprint density at radius 2 is 2.04 bits per heavy atom. The van der Waals surface area contributed by atoms with Crippen molar-refractivity contribution in [1.82, 2.24) is 4.90 Å². The molecule has 4 rings (SSSR count). The first-order valence-corrected chi connectivity index (χ1v) is 9.26. The maximum Gasteiger partial charge on any atom is 0.411 e. The predicted octanol–water partition coefficient (Wildman–Crippen LogP) is 4.03. The van der Waals surface area contributed by atoms with E-state index in [2.05, 4.69) is 0 Å². The highest BCUT2D eigenvalue weighted by atomic mass is 19.1. The van der Waals surface area contributed by atoms with Crippen molar-refractivity contribution in [2.75, 3.05) is 20.3 Å². The molecule has 0 aromatic heterocycles. The number of hydrogen-bond acceptors (Lipinski definition) is 4. The SMILES string of the molecule is COc1cc(F)cc(C2=CC3COCC(C2)N3C(=O)OCc2ccccc2)c1. The van der Waals surface area contributed by atoms with Gasteiger partial charge >= 0.3 is 6.09 Å². The van der Waals surface area contributed by atoms with E-state index in [0.29, 0.717) is 25.4 Å². The van der Waals surface area contributed by atoms with Crippen LogP contribution < -0.4 is 4.74 Å². The number of halogens is 1. The van der Waals surface area contributed by atoms with Crippen molar-refractivity contribution in [2.45, 2.75) is 25.1 Å². The maximum atomic E-state index is 13.9. The normalized spacial score (nSPS) is 21.1. The van der Waals surface area contributed by atoms with E-state index in [0.717, 1.165) is 16.7 Å². The van der Waals surface area contributed by atoms with Crippen molar-refractivity contribution in [3.8, 4) is 5.75 Å². The fourth-order valence-electron chi connectivity index (χ4n) is 3.75. The Bertz CT molecular complexity index is 883. The Morgan fingerprint density at radius 1 is 1.21 bits per heavy atom. The first-order valence-electron chi connectivity index (χ1n) is 9.26. The number of amides is 1. The molecule has 2 atom stereocenters. The zero-order valence-electron chi connectivity index (χ0n) is 15.6. The van der Waals surface area contributed by atoms with Gasteiger partial charge in [0.2, 0.25) is 0 Å². The molecule has 2 unspecified atom stereocenters. The molecule has 5 nitrogen and oxygen atoms in total. The minimum absolute atomic E-state index is 0.142. The van der Waals surface area contributed by atoms with Crippen LogP contribution in [0, 0.1) is 5.82 Å². The lowest BCUT2D eigenvalue weighted by Gasteiger charge is -2.43. The minimum atomic E-state index is -0.353. The second kappa shape index (κ2) is 8.02. The molecule has 146 valence electrons. The molecular weight excluding hydrogens is 361 g/mol. The Kier molecular flexibility index (Phi) is 5.30. The van der Waals surface area contributed by atoms with Crippen LogP contribution in [0.5, 0.6) is 5.75 Å². The lowest BCUT2D eigenvalue weighted by molar-refractivity contribution is -0.0342. The number of carbonyl (C=O) groups excluding carboxylic acids is 1. The Labute approximate surface area is 163 Å². The first-order chi connectivity index (χ1) is 13.6. The number of methoxy groups -OCH3 is 1. The van der Waals surface area contributed by atoms with Gasteiger partial charge in [-0.1, -0.05) is 36.4 Å². The molecule has 0 saturated carbocycles. The third-order valence-corrected chi connectivity index (χ3v) is 5.09. The van der Waals surface area contributed by atoms with Gasteiger partial charge in [-0.15, -0.1) is 0 Å². The fourth-order valence-corrected chi connectivity index (χ4v) is 3.75. The molecule has 2 heterocycles. The summed E-state index contributed by atoms with van der Waals surface area (Å²) >= 11 is 0. The van der Waals surface area contributed by atoms with E-state index in [-0.39, 0.29) is 30.6 Å². The van der Waals surface area contributed by atoms with Crippen LogP contribution in [0.1, 0.15) is 17.5 Å². The highest BCUT2D eigenvalue weighted by molar-refractivity contribution is 5.75. The van der Waals surface area contributed by atoms with Gasteiger partial charge in [-0.05, 0) is 35.3 Å². The first kappa shape index (κ1) is 18.5. The van der Waals surface area contributed by atoms with Crippen LogP contribution in [0.4, 0.5) is 9.18 Å². The Hall–Kier alpha value is -2.86. The molecule has 6 heteroatoms. The third-order valence-electron chi connectivity index (χ3n) is 5.09. The van der Waals surface area contributed by atoms with Crippen LogP contribution >= 0.6 is 0 Å². The zero-order valence-corrected chi connectivity index (χ0v) is 15.6. The highest BCUT2D eigenvalue weighted by Gasteiger charge is 2.39. The molecule has 1 saturated heterocycles. The van der Waals surface area contributed by atoms with Gasteiger partial charge in [-0.25, -0.2) is 9.18 Å². The Morgan fingerprint density at radius 3 is 2.79 bits per heavy atom. The number of nitrogens with zero attached hydrogens (tertiary/aromatic N) is 1. The molecule has 0 spiro atoms. The van der Waals surface area contributed by atoms with Gasteiger partial charge in [0.1, 0.15) is 18.2 Å². The maximum absolute atomic E-state index is 13.9. The lowest BCUT2D eigenvalue weighted by atomic mass is 9.90. The van der Waals surface area contributed by atoms with Crippen LogP contribution in [-0.2, 0) is 16.1 Å². The monoisotopic (exact) mass is 383 g/mol. The summed E-state index contributed by atoms with van der Waals surface area (Å²) in [6.07, 6.45) is 2.19. The minimum Gasteiger partial charge on any atom is -0.497 e. The number of morpholine rings is 1. The number of fused-ring (bicyclic) bond motifs is 2. The van der Waals surface area contributed by atoms with Gasteiger partial charge in [0.25, 0.3) is 0 Å². The van der Waals surface area contributed by atoms with Crippen LogP contribution in [0.3, 0.4) is 0 Å². The summed E-state index contributed by atoms with van der Waals surface area (Å²) in [5.74, 6) is 0.128. The number of ether oxygens (including phenoxy) is 3. The molecule has 2 aromatic carbocycles. The van der Waals surface area contributed by atoms with Crippen molar-refractivity contribution >= 4 is 11.7 Å². The van der Waals surface area contributed by atoms with E-state index in [1.807, 2.05) is 42.5 Å². The van der Waals surface area contributed by atoms with Gasteiger partial charge < -0.3 is 14.2 Å². The van der Waals surface area contributed by atoms with Gasteiger partial charge in [0, 0.05) is 6.07 Å². The average Bonchev–Trinajstić information content (AvgIpc) is 2.71. The average molecular weight is 383 g/mol. The second-order valence-electron chi connectivity index (χ2n) is 6.98. The quantitative estimate of drug-likeness (QED) is 0.800. The molecule has 1 amide bonds. The van der Waals surface area contributed by atoms with Crippen LogP contribution in [0.25, 0.3) is 5.57 Å². The predicted molar refractivity (Wildman–Crippen MR) is 102 cm³/mol. The second-order valence-corrected chi connectivity index (χ2v) is 6.98. The van der Waals surface area contributed by atoms with Gasteiger partial charge in [0.05, 0.1) is 32.4 Å². The van der Waals surface area contributed by atoms with Crippen molar-refractivity contribution in [3.05, 3.63) is 71.6 Å². The van der Waals surface area contributed by atoms with E-state index in [1.165, 1.54) is 19.2 Å². The fraction of sp³-hybridized carbons (Fsp3) is 0.318. The number of benzene rings is 2. The molecule has 2 aliphatic rings. The van der Waals surface area contributed by atoms with Gasteiger partial charge in [-0.3, -0.25) is 4.90 Å². The molecule has 0 radical (unpaired) electrons. The topological polar surface area (TPSA) is 48.0 Å². The van der Waals surface area contributed by atoms with E-state index < -0.39 is 0 Å². The highest BCUT2D eigenvalue weighted by Crippen LogP contribution is 2.34. The van der Waals surface area contributed by atoms with Crippen molar-refractivity contribution in [1.29, 1.82) is 0 Å². The molecule has 2 bridgehead atoms. The molecule has 2 aromatic rings. The van der Waals surface area contributed by atoms with E-state index in [4.69, 9.17) is 14.2 Å². The smallest absolute Gasteiger partial charge is 0.411 e. The molecule has 1 fully saturated rings.